The van der Waals surface area contributed by atoms with E-state index >= 15 is 0 Å². The Morgan fingerprint density at radius 3 is 2.30 bits per heavy atom. The molecule has 0 unspecified atom stereocenters. The minimum absolute atomic E-state index is 0.0221. The van der Waals surface area contributed by atoms with Crippen LogP contribution in [0.1, 0.15) is 30.9 Å². The van der Waals surface area contributed by atoms with E-state index in [0.29, 0.717) is 24.6 Å². The minimum Gasteiger partial charge on any atom is -0.308 e. The molecule has 3 aromatic carbocycles. The number of anilines is 3. The van der Waals surface area contributed by atoms with Crippen LogP contribution in [-0.4, -0.2) is 64.7 Å². The van der Waals surface area contributed by atoms with Crippen molar-refractivity contribution in [2.24, 2.45) is 5.92 Å². The van der Waals surface area contributed by atoms with Gasteiger partial charge < -0.3 is 20.9 Å². The molecular formula is C32H34F3N7O2. The molecular weight excluding hydrogens is 571 g/mol. The number of urea groups is 1. The van der Waals surface area contributed by atoms with Crippen LogP contribution in [0, 0.1) is 5.92 Å². The summed E-state index contributed by atoms with van der Waals surface area (Å²) in [7, 11) is 0. The Bertz CT molecular complexity index is 1670. The highest BCUT2D eigenvalue weighted by Gasteiger charge is 2.34. The number of piperazine rings is 1. The van der Waals surface area contributed by atoms with Crippen LogP contribution in [0.2, 0.25) is 0 Å². The topological polar surface area (TPSA) is 105 Å². The predicted molar refractivity (Wildman–Crippen MR) is 164 cm³/mol. The molecule has 1 aliphatic carbocycles. The molecule has 2 heterocycles. The molecule has 2 aliphatic rings. The summed E-state index contributed by atoms with van der Waals surface area (Å²) < 4.78 is 42.0. The van der Waals surface area contributed by atoms with E-state index in [1.165, 1.54) is 12.1 Å². The smallest absolute Gasteiger partial charge is 0.308 e. The summed E-state index contributed by atoms with van der Waals surface area (Å²) >= 11 is 0. The lowest BCUT2D eigenvalue weighted by atomic mass is 10.0. The van der Waals surface area contributed by atoms with Gasteiger partial charge in [0.15, 0.2) is 5.82 Å². The first-order valence-corrected chi connectivity index (χ1v) is 14.8. The molecule has 1 saturated carbocycles. The van der Waals surface area contributed by atoms with Gasteiger partial charge in [0, 0.05) is 55.4 Å². The van der Waals surface area contributed by atoms with Crippen molar-refractivity contribution in [2.45, 2.75) is 32.5 Å². The first-order valence-electron chi connectivity index (χ1n) is 14.8. The number of carbonyl (C=O) groups is 2. The number of H-pyrrole nitrogens is 1. The Balaban J connectivity index is 1.12. The number of rotatable bonds is 8. The Labute approximate surface area is 252 Å². The van der Waals surface area contributed by atoms with Crippen molar-refractivity contribution in [3.8, 4) is 11.1 Å². The molecule has 1 aliphatic heterocycles. The molecule has 4 N–H and O–H groups in total. The van der Waals surface area contributed by atoms with E-state index in [1.807, 2.05) is 29.2 Å². The summed E-state index contributed by atoms with van der Waals surface area (Å²) in [6, 6.07) is 16.1. The Hall–Kier alpha value is -4.42. The van der Waals surface area contributed by atoms with E-state index in [1.54, 1.807) is 18.2 Å². The summed E-state index contributed by atoms with van der Waals surface area (Å²) in [5.74, 6) is 0.537. The summed E-state index contributed by atoms with van der Waals surface area (Å²) in [5.41, 5.74) is 2.38. The van der Waals surface area contributed by atoms with Crippen molar-refractivity contribution in [1.82, 2.24) is 20.0 Å². The monoisotopic (exact) mass is 605 g/mol. The van der Waals surface area contributed by atoms with E-state index in [9.17, 15) is 22.8 Å². The number of alkyl halides is 3. The summed E-state index contributed by atoms with van der Waals surface area (Å²) in [5, 5.41) is 16.1. The third kappa shape index (κ3) is 6.87. The molecule has 0 bridgehead atoms. The maximum absolute atomic E-state index is 14.0. The highest BCUT2D eigenvalue weighted by Crippen LogP contribution is 2.35. The first kappa shape index (κ1) is 29.6. The number of likely N-dealkylation sites (N-methyl/N-ethyl adjacent to an activating group) is 1. The zero-order valence-corrected chi connectivity index (χ0v) is 24.3. The van der Waals surface area contributed by atoms with E-state index < -0.39 is 17.8 Å². The average Bonchev–Trinajstić information content (AvgIpc) is 3.79. The Morgan fingerprint density at radius 2 is 1.59 bits per heavy atom. The van der Waals surface area contributed by atoms with Crippen molar-refractivity contribution in [3.05, 3.63) is 71.8 Å². The SMILES string of the molecule is CCN1CCN(Cc2ccc(NC(=O)Nc3cccc(-c4ccc5c(NC(=O)C6CC6)n[nH]c5c4)c3)cc2C(F)(F)F)CC1. The first-order chi connectivity index (χ1) is 21.2. The fraction of sp³-hybridized carbons (Fsp3) is 0.344. The zero-order chi connectivity index (χ0) is 30.8. The Morgan fingerprint density at radius 1 is 0.886 bits per heavy atom. The van der Waals surface area contributed by atoms with Gasteiger partial charge in [-0.25, -0.2) is 4.79 Å². The molecule has 3 amide bonds. The minimum atomic E-state index is -4.55. The number of hydrogen-bond donors (Lipinski definition) is 4. The molecule has 12 heteroatoms. The number of nitrogens with one attached hydrogen (secondary N) is 4. The van der Waals surface area contributed by atoms with Gasteiger partial charge in [0.2, 0.25) is 5.91 Å². The fourth-order valence-electron chi connectivity index (χ4n) is 5.49. The van der Waals surface area contributed by atoms with E-state index in [4.69, 9.17) is 0 Å². The van der Waals surface area contributed by atoms with Crippen molar-refractivity contribution in [3.63, 3.8) is 0 Å². The second kappa shape index (κ2) is 12.3. The van der Waals surface area contributed by atoms with Gasteiger partial charge in [-0.15, -0.1) is 0 Å². The number of aromatic amines is 1. The van der Waals surface area contributed by atoms with Gasteiger partial charge in [-0.1, -0.05) is 31.2 Å². The van der Waals surface area contributed by atoms with Crippen molar-refractivity contribution >= 4 is 40.0 Å². The predicted octanol–water partition coefficient (Wildman–Crippen LogP) is 6.38. The van der Waals surface area contributed by atoms with Crippen LogP contribution in [0.3, 0.4) is 0 Å². The van der Waals surface area contributed by atoms with Crippen molar-refractivity contribution < 1.29 is 22.8 Å². The van der Waals surface area contributed by atoms with Crippen LogP contribution in [0.5, 0.6) is 0 Å². The number of aromatic nitrogens is 2. The molecule has 230 valence electrons. The van der Waals surface area contributed by atoms with E-state index in [0.717, 1.165) is 60.6 Å². The van der Waals surface area contributed by atoms with Crippen molar-refractivity contribution in [2.75, 3.05) is 48.7 Å². The van der Waals surface area contributed by atoms with Gasteiger partial charge in [0.1, 0.15) is 0 Å². The second-order valence-electron chi connectivity index (χ2n) is 11.3. The lowest BCUT2D eigenvalue weighted by Crippen LogP contribution is -2.45. The molecule has 0 spiro atoms. The lowest BCUT2D eigenvalue weighted by Gasteiger charge is -2.34. The highest BCUT2D eigenvalue weighted by molar-refractivity contribution is 6.02. The van der Waals surface area contributed by atoms with Crippen LogP contribution in [0.15, 0.2) is 60.7 Å². The number of nitrogens with zero attached hydrogens (tertiary/aromatic N) is 3. The molecule has 44 heavy (non-hydrogen) atoms. The summed E-state index contributed by atoms with van der Waals surface area (Å²) in [6.07, 6.45) is -2.75. The van der Waals surface area contributed by atoms with Gasteiger partial charge in [0.05, 0.1) is 11.1 Å². The standard InChI is InChI=1S/C32H34F3N7O2/c1-2-41-12-14-42(15-13-41)19-23-8-10-25(18-27(23)32(33,34)35)37-31(44)36-24-5-3-4-21(16-24)22-9-11-26-28(17-22)39-40-29(26)38-30(43)20-6-7-20/h3-5,8-11,16-18,20H,2,6-7,12-15,19H2,1H3,(H2,36,37,44)(H2,38,39,40,43). The quantitative estimate of drug-likeness (QED) is 0.187. The number of amides is 3. The van der Waals surface area contributed by atoms with Gasteiger partial charge in [-0.3, -0.25) is 14.8 Å². The molecule has 6 rings (SSSR count). The number of hydrogen-bond acceptors (Lipinski definition) is 5. The average molecular weight is 606 g/mol. The number of fused-ring (bicyclic) bond motifs is 1. The fourth-order valence-corrected chi connectivity index (χ4v) is 5.49. The van der Waals surface area contributed by atoms with Crippen LogP contribution >= 0.6 is 0 Å². The van der Waals surface area contributed by atoms with Gasteiger partial charge >= 0.3 is 12.2 Å². The molecule has 9 nitrogen and oxygen atoms in total. The van der Waals surface area contributed by atoms with Crippen LogP contribution in [-0.2, 0) is 17.5 Å². The normalized spacial score (nSPS) is 16.2. The van der Waals surface area contributed by atoms with Crippen molar-refractivity contribution in [1.29, 1.82) is 0 Å². The lowest BCUT2D eigenvalue weighted by molar-refractivity contribution is -0.138. The molecule has 0 radical (unpaired) electrons. The van der Waals surface area contributed by atoms with Gasteiger partial charge in [-0.2, -0.15) is 18.3 Å². The van der Waals surface area contributed by atoms with Gasteiger partial charge in [-0.05, 0) is 72.5 Å². The van der Waals surface area contributed by atoms with Crippen LogP contribution < -0.4 is 16.0 Å². The Kier molecular flexibility index (Phi) is 8.28. The van der Waals surface area contributed by atoms with Crippen LogP contribution in [0.25, 0.3) is 22.0 Å². The molecule has 1 saturated heterocycles. The summed E-state index contributed by atoms with van der Waals surface area (Å²) in [4.78, 5) is 29.3. The van der Waals surface area contributed by atoms with E-state index in [2.05, 4.69) is 38.0 Å². The number of benzene rings is 3. The molecule has 2 fully saturated rings. The maximum Gasteiger partial charge on any atom is 0.416 e. The van der Waals surface area contributed by atoms with E-state index in [-0.39, 0.29) is 29.6 Å². The summed E-state index contributed by atoms with van der Waals surface area (Å²) in [6.45, 7) is 6.29. The highest BCUT2D eigenvalue weighted by atomic mass is 19.4. The molecule has 1 aromatic heterocycles. The third-order valence-electron chi connectivity index (χ3n) is 8.19. The third-order valence-corrected chi connectivity index (χ3v) is 8.19. The van der Waals surface area contributed by atoms with Gasteiger partial charge in [0.25, 0.3) is 0 Å². The molecule has 0 atom stereocenters. The van der Waals surface area contributed by atoms with Crippen LogP contribution in [0.4, 0.5) is 35.2 Å². The number of carbonyl (C=O) groups excluding carboxylic acids is 2. The second-order valence-corrected chi connectivity index (χ2v) is 11.3. The zero-order valence-electron chi connectivity index (χ0n) is 24.3. The number of halogens is 3. The maximum atomic E-state index is 14.0. The molecule has 4 aromatic rings. The largest absolute Gasteiger partial charge is 0.416 e.